The van der Waals surface area contributed by atoms with Crippen molar-refractivity contribution in [1.29, 1.82) is 0 Å². The van der Waals surface area contributed by atoms with E-state index in [2.05, 4.69) is 9.68 Å². The van der Waals surface area contributed by atoms with Crippen LogP contribution in [-0.4, -0.2) is 82.9 Å². The first-order valence-electron chi connectivity index (χ1n) is 8.27. The fourth-order valence-electron chi connectivity index (χ4n) is 2.67. The van der Waals surface area contributed by atoms with Crippen LogP contribution in [0.5, 0.6) is 0 Å². The molecule has 29 heavy (non-hydrogen) atoms. The largest absolute Gasteiger partial charge is 0.379 e. The van der Waals surface area contributed by atoms with Crippen molar-refractivity contribution in [3.8, 4) is 0 Å². The summed E-state index contributed by atoms with van der Waals surface area (Å²) in [5, 5.41) is 2.60. The molecule has 2 aromatic rings. The Morgan fingerprint density at radius 3 is 2.28 bits per heavy atom. The molecule has 0 spiro atoms. The Balaban J connectivity index is 0.00000300. The van der Waals surface area contributed by atoms with E-state index in [9.17, 15) is 21.6 Å². The number of benzene rings is 2. The van der Waals surface area contributed by atoms with Crippen molar-refractivity contribution < 1.29 is 26.4 Å². The van der Waals surface area contributed by atoms with Crippen LogP contribution in [0.4, 0.5) is 11.4 Å². The van der Waals surface area contributed by atoms with Gasteiger partial charge in [0.25, 0.3) is 5.91 Å². The first-order chi connectivity index (χ1) is 13.4. The second kappa shape index (κ2) is 10.4. The molecule has 0 saturated carbocycles. The van der Waals surface area contributed by atoms with Crippen LogP contribution >= 0.6 is 0 Å². The van der Waals surface area contributed by atoms with Crippen LogP contribution in [0.3, 0.4) is 0 Å². The van der Waals surface area contributed by atoms with Gasteiger partial charge in [-0.25, -0.2) is 8.42 Å². The molecule has 1 N–H and O–H groups in total. The van der Waals surface area contributed by atoms with Gasteiger partial charge in [0.2, 0.25) is 10.0 Å². The standard InChI is InChI=1S/C17H17N3O6S2.Na/c21-17(15-3-1-2-4-16(15)19-27(22)23)18-13-5-7-14(8-6-13)28(24,25)20-9-11-26-12-10-20;/h1-8H,9-12H2,(H,18,21);. The quantitative estimate of drug-likeness (QED) is 0.691. The fraction of sp³-hybridized carbons (Fsp3) is 0.235. The molecule has 1 heterocycles. The van der Waals surface area contributed by atoms with E-state index < -0.39 is 26.4 Å². The maximum absolute atomic E-state index is 12.6. The number of morpholine rings is 1. The molecule has 0 aromatic heterocycles. The number of ether oxygens (including phenoxy) is 1. The molecule has 9 nitrogen and oxygen atoms in total. The second-order valence-corrected chi connectivity index (χ2v) is 8.38. The molecule has 1 saturated heterocycles. The Kier molecular flexibility index (Phi) is 8.52. The van der Waals surface area contributed by atoms with Crippen LogP contribution in [-0.2, 0) is 25.3 Å². The van der Waals surface area contributed by atoms with Gasteiger partial charge in [0.1, 0.15) is 0 Å². The molecule has 1 aliphatic rings. The number of sulfonamides is 1. The van der Waals surface area contributed by atoms with Crippen LogP contribution < -0.4 is 5.32 Å². The Bertz CT molecular complexity index is 1100. The van der Waals surface area contributed by atoms with Crippen LogP contribution in [0.2, 0.25) is 0 Å². The average Bonchev–Trinajstić information content (AvgIpc) is 2.69. The van der Waals surface area contributed by atoms with Crippen molar-refractivity contribution in [3.63, 3.8) is 0 Å². The number of nitrogens with zero attached hydrogens (tertiary/aromatic N) is 2. The van der Waals surface area contributed by atoms with Crippen molar-refractivity contribution >= 4 is 67.4 Å². The Morgan fingerprint density at radius 2 is 1.66 bits per heavy atom. The molecule has 12 heteroatoms. The summed E-state index contributed by atoms with van der Waals surface area (Å²) in [6.07, 6.45) is 0. The van der Waals surface area contributed by atoms with Crippen molar-refractivity contribution in [2.24, 2.45) is 4.36 Å². The zero-order valence-corrected chi connectivity index (χ0v) is 19.2. The van der Waals surface area contributed by atoms with Crippen LogP contribution in [0, 0.1) is 0 Å². The summed E-state index contributed by atoms with van der Waals surface area (Å²) in [4.78, 5) is 12.5. The topological polar surface area (TPSA) is 122 Å². The molecule has 1 radical (unpaired) electrons. The molecule has 1 amide bonds. The van der Waals surface area contributed by atoms with Gasteiger partial charge in [-0.1, -0.05) is 12.1 Å². The number of nitrogens with one attached hydrogen (secondary N) is 1. The predicted octanol–water partition coefficient (Wildman–Crippen LogP) is 1.27. The summed E-state index contributed by atoms with van der Waals surface area (Å²) in [6, 6.07) is 11.7. The monoisotopic (exact) mass is 446 g/mol. The third kappa shape index (κ3) is 5.95. The van der Waals surface area contributed by atoms with Gasteiger partial charge in [-0.3, -0.25) is 4.79 Å². The minimum absolute atomic E-state index is 0. The minimum Gasteiger partial charge on any atom is -0.379 e. The number of rotatable bonds is 5. The zero-order valence-electron chi connectivity index (χ0n) is 15.6. The second-order valence-electron chi connectivity index (χ2n) is 5.82. The molecule has 149 valence electrons. The molecule has 2 aromatic carbocycles. The molecule has 0 unspecified atom stereocenters. The smallest absolute Gasteiger partial charge is 0.316 e. The van der Waals surface area contributed by atoms with Gasteiger partial charge in [-0.2, -0.15) is 12.7 Å². The average molecular weight is 446 g/mol. The Hall–Kier alpha value is -1.60. The number of carbonyl (C=O) groups excluding carboxylic acids is 1. The summed E-state index contributed by atoms with van der Waals surface area (Å²) in [7, 11) is -6.31. The van der Waals surface area contributed by atoms with Gasteiger partial charge in [0.05, 0.1) is 29.4 Å². The third-order valence-electron chi connectivity index (χ3n) is 4.04. The first kappa shape index (κ1) is 23.7. The van der Waals surface area contributed by atoms with E-state index in [1.165, 1.54) is 40.7 Å². The maximum Gasteiger partial charge on any atom is 0.316 e. The van der Waals surface area contributed by atoms with E-state index in [-0.39, 0.29) is 45.7 Å². The molecular weight excluding hydrogens is 429 g/mol. The number of anilines is 1. The van der Waals surface area contributed by atoms with E-state index in [1.807, 2.05) is 0 Å². The Morgan fingerprint density at radius 1 is 1.03 bits per heavy atom. The molecule has 0 atom stereocenters. The third-order valence-corrected chi connectivity index (χ3v) is 6.30. The van der Waals surface area contributed by atoms with Gasteiger partial charge in [0.15, 0.2) is 0 Å². The van der Waals surface area contributed by atoms with Crippen molar-refractivity contribution in [2.75, 3.05) is 31.6 Å². The zero-order chi connectivity index (χ0) is 20.1. The minimum atomic E-state index is -3.62. The molecule has 1 aliphatic heterocycles. The summed E-state index contributed by atoms with van der Waals surface area (Å²) in [6.45, 7) is 1.29. The summed E-state index contributed by atoms with van der Waals surface area (Å²) in [5.74, 6) is -0.561. The number of amides is 1. The van der Waals surface area contributed by atoms with Crippen LogP contribution in [0.25, 0.3) is 0 Å². The summed E-state index contributed by atoms with van der Waals surface area (Å²) in [5.41, 5.74) is 0.459. The van der Waals surface area contributed by atoms with Gasteiger partial charge >= 0.3 is 10.5 Å². The van der Waals surface area contributed by atoms with Gasteiger partial charge in [-0.05, 0) is 36.4 Å². The molecular formula is C17H17N3NaO6S2. The molecule has 3 rings (SSSR count). The number of hydrogen-bond acceptors (Lipinski definition) is 7. The fourth-order valence-corrected chi connectivity index (χ4v) is 4.40. The molecule has 1 fully saturated rings. The van der Waals surface area contributed by atoms with E-state index in [0.717, 1.165) is 0 Å². The van der Waals surface area contributed by atoms with E-state index in [1.54, 1.807) is 12.1 Å². The summed E-state index contributed by atoms with van der Waals surface area (Å²) < 4.78 is 56.7. The normalized spacial score (nSPS) is 14.5. The SMILES string of the molecule is O=C(Nc1ccc(S(=O)(=O)N2CCOCC2)cc1)c1ccccc1N=S(=O)=O.[Na]. The van der Waals surface area contributed by atoms with Gasteiger partial charge in [-0.15, -0.1) is 4.36 Å². The first-order valence-corrected chi connectivity index (χ1v) is 10.7. The van der Waals surface area contributed by atoms with Crippen molar-refractivity contribution in [3.05, 3.63) is 54.1 Å². The van der Waals surface area contributed by atoms with Crippen molar-refractivity contribution in [1.82, 2.24) is 4.31 Å². The number of carbonyl (C=O) groups is 1. The van der Waals surface area contributed by atoms with Gasteiger partial charge < -0.3 is 10.1 Å². The van der Waals surface area contributed by atoms with Crippen LogP contribution in [0.1, 0.15) is 10.4 Å². The van der Waals surface area contributed by atoms with E-state index >= 15 is 0 Å². The maximum atomic E-state index is 12.6. The molecule has 0 bridgehead atoms. The summed E-state index contributed by atoms with van der Waals surface area (Å²) >= 11 is 0. The Labute approximate surface area is 192 Å². The predicted molar refractivity (Wildman–Crippen MR) is 107 cm³/mol. The van der Waals surface area contributed by atoms with Gasteiger partial charge in [0, 0.05) is 48.3 Å². The van der Waals surface area contributed by atoms with Crippen molar-refractivity contribution in [2.45, 2.75) is 4.90 Å². The number of hydrogen-bond donors (Lipinski definition) is 1. The van der Waals surface area contributed by atoms with E-state index in [0.29, 0.717) is 32.0 Å². The van der Waals surface area contributed by atoms with Crippen LogP contribution in [0.15, 0.2) is 57.8 Å². The molecule has 0 aliphatic carbocycles. The van der Waals surface area contributed by atoms with E-state index in [4.69, 9.17) is 4.74 Å².